The van der Waals surface area contributed by atoms with E-state index in [1.54, 1.807) is 0 Å². The van der Waals surface area contributed by atoms with Crippen molar-refractivity contribution in [2.75, 3.05) is 16.8 Å². The van der Waals surface area contributed by atoms with E-state index in [0.29, 0.717) is 12.2 Å². The van der Waals surface area contributed by atoms with E-state index in [1.807, 2.05) is 78.9 Å². The molecular formula is C29H26N2O2. The maximum Gasteiger partial charge on any atom is 0.255 e. The molecule has 1 aliphatic heterocycles. The van der Waals surface area contributed by atoms with Gasteiger partial charge in [-0.1, -0.05) is 60.7 Å². The van der Waals surface area contributed by atoms with Crippen LogP contribution in [0.2, 0.25) is 0 Å². The summed E-state index contributed by atoms with van der Waals surface area (Å²) in [6.07, 6.45) is 1.09. The number of carbonyl (C=O) groups is 1. The highest BCUT2D eigenvalue weighted by Crippen LogP contribution is 2.28. The van der Waals surface area contributed by atoms with Crippen molar-refractivity contribution in [3.8, 4) is 5.75 Å². The van der Waals surface area contributed by atoms with Crippen LogP contribution in [0.25, 0.3) is 0 Å². The predicted octanol–water partition coefficient (Wildman–Crippen LogP) is 6.08. The standard InChI is InChI=1S/C29H26N2O2/c32-29(30-26-14-16-27(17-15-26)33-21-23-6-2-1-3-7-23)25-12-10-22(11-13-25)20-31-19-18-24-8-4-5-9-28(24)31/h1-17H,18-21H2,(H,30,32). The first-order chi connectivity index (χ1) is 16.2. The van der Waals surface area contributed by atoms with Gasteiger partial charge in [-0.25, -0.2) is 0 Å². The molecule has 4 nitrogen and oxygen atoms in total. The molecule has 0 bridgehead atoms. The maximum atomic E-state index is 12.7. The van der Waals surface area contributed by atoms with Gasteiger partial charge >= 0.3 is 0 Å². The van der Waals surface area contributed by atoms with Crippen LogP contribution in [-0.4, -0.2) is 12.5 Å². The Morgan fingerprint density at radius 1 is 0.788 bits per heavy atom. The van der Waals surface area contributed by atoms with Gasteiger partial charge in [0.15, 0.2) is 0 Å². The number of amides is 1. The average Bonchev–Trinajstić information content (AvgIpc) is 3.27. The first-order valence-electron chi connectivity index (χ1n) is 11.2. The molecule has 5 rings (SSSR count). The lowest BCUT2D eigenvalue weighted by Crippen LogP contribution is -2.19. The van der Waals surface area contributed by atoms with E-state index in [0.717, 1.165) is 36.5 Å². The molecule has 0 fully saturated rings. The van der Waals surface area contributed by atoms with Crippen LogP contribution in [0.3, 0.4) is 0 Å². The van der Waals surface area contributed by atoms with Crippen molar-refractivity contribution in [3.05, 3.63) is 125 Å². The number of nitrogens with one attached hydrogen (secondary N) is 1. The molecule has 1 heterocycles. The zero-order valence-electron chi connectivity index (χ0n) is 18.4. The zero-order chi connectivity index (χ0) is 22.5. The fraction of sp³-hybridized carbons (Fsp3) is 0.138. The van der Waals surface area contributed by atoms with Gasteiger partial charge in [-0.2, -0.15) is 0 Å². The van der Waals surface area contributed by atoms with Crippen LogP contribution in [-0.2, 0) is 19.6 Å². The summed E-state index contributed by atoms with van der Waals surface area (Å²) < 4.78 is 5.81. The first kappa shape index (κ1) is 20.8. The van der Waals surface area contributed by atoms with Crippen LogP contribution in [0, 0.1) is 0 Å². The maximum absolute atomic E-state index is 12.7. The Balaban J connectivity index is 1.16. The summed E-state index contributed by atoms with van der Waals surface area (Å²) in [6, 6.07) is 33.9. The molecule has 1 amide bonds. The second kappa shape index (κ2) is 9.61. The van der Waals surface area contributed by atoms with Crippen molar-refractivity contribution in [1.29, 1.82) is 0 Å². The minimum absolute atomic E-state index is 0.119. The summed E-state index contributed by atoms with van der Waals surface area (Å²) in [5, 5.41) is 2.96. The van der Waals surface area contributed by atoms with Crippen molar-refractivity contribution >= 4 is 17.3 Å². The molecule has 0 saturated heterocycles. The van der Waals surface area contributed by atoms with Gasteiger partial charge in [0.2, 0.25) is 0 Å². The molecule has 4 heteroatoms. The average molecular weight is 435 g/mol. The van der Waals surface area contributed by atoms with Crippen LogP contribution in [0.4, 0.5) is 11.4 Å². The van der Waals surface area contributed by atoms with Gasteiger partial charge in [0.25, 0.3) is 5.91 Å². The normalized spacial score (nSPS) is 12.3. The summed E-state index contributed by atoms with van der Waals surface area (Å²) >= 11 is 0. The lowest BCUT2D eigenvalue weighted by atomic mass is 10.1. The predicted molar refractivity (Wildman–Crippen MR) is 133 cm³/mol. The molecule has 0 atom stereocenters. The van der Waals surface area contributed by atoms with E-state index >= 15 is 0 Å². The zero-order valence-corrected chi connectivity index (χ0v) is 18.4. The Morgan fingerprint density at radius 3 is 2.30 bits per heavy atom. The summed E-state index contributed by atoms with van der Waals surface area (Å²) in [5.41, 5.74) is 6.42. The third kappa shape index (κ3) is 5.07. The Hall–Kier alpha value is -4.05. The summed E-state index contributed by atoms with van der Waals surface area (Å²) in [5.74, 6) is 0.649. The van der Waals surface area contributed by atoms with Gasteiger partial charge < -0.3 is 15.0 Å². The van der Waals surface area contributed by atoms with E-state index in [1.165, 1.54) is 16.8 Å². The van der Waals surface area contributed by atoms with Crippen LogP contribution in [0.1, 0.15) is 27.0 Å². The lowest BCUT2D eigenvalue weighted by molar-refractivity contribution is 0.102. The number of nitrogens with zero attached hydrogens (tertiary/aromatic N) is 1. The van der Waals surface area contributed by atoms with Crippen molar-refractivity contribution < 1.29 is 9.53 Å². The molecule has 0 saturated carbocycles. The summed E-state index contributed by atoms with van der Waals surface area (Å²) in [4.78, 5) is 15.1. The van der Waals surface area contributed by atoms with Crippen molar-refractivity contribution in [3.63, 3.8) is 0 Å². The monoisotopic (exact) mass is 434 g/mol. The third-order valence-electron chi connectivity index (χ3n) is 5.93. The molecule has 0 radical (unpaired) electrons. The van der Waals surface area contributed by atoms with E-state index in [2.05, 4.69) is 34.5 Å². The summed E-state index contributed by atoms with van der Waals surface area (Å²) in [6.45, 7) is 2.40. The van der Waals surface area contributed by atoms with Gasteiger partial charge in [0.1, 0.15) is 12.4 Å². The molecule has 1 aliphatic rings. The molecular weight excluding hydrogens is 408 g/mol. The van der Waals surface area contributed by atoms with Crippen LogP contribution in [0.15, 0.2) is 103 Å². The van der Waals surface area contributed by atoms with E-state index in [-0.39, 0.29) is 5.91 Å². The second-order valence-electron chi connectivity index (χ2n) is 8.25. The van der Waals surface area contributed by atoms with Gasteiger partial charge in [-0.15, -0.1) is 0 Å². The summed E-state index contributed by atoms with van der Waals surface area (Å²) in [7, 11) is 0. The van der Waals surface area contributed by atoms with Crippen molar-refractivity contribution in [1.82, 2.24) is 0 Å². The quantitative estimate of drug-likeness (QED) is 0.383. The fourth-order valence-electron chi connectivity index (χ4n) is 4.13. The Bertz CT molecular complexity index is 1220. The molecule has 0 aliphatic carbocycles. The lowest BCUT2D eigenvalue weighted by Gasteiger charge is -2.19. The number of carbonyl (C=O) groups excluding carboxylic acids is 1. The molecule has 164 valence electrons. The Labute approximate surface area is 194 Å². The minimum atomic E-state index is -0.119. The molecule has 0 unspecified atom stereocenters. The smallest absolute Gasteiger partial charge is 0.255 e. The topological polar surface area (TPSA) is 41.6 Å². The SMILES string of the molecule is O=C(Nc1ccc(OCc2ccccc2)cc1)c1ccc(CN2CCc3ccccc32)cc1. The van der Waals surface area contributed by atoms with Crippen LogP contribution in [0.5, 0.6) is 5.75 Å². The number of anilines is 2. The second-order valence-corrected chi connectivity index (χ2v) is 8.25. The number of ether oxygens (including phenoxy) is 1. The van der Waals surface area contributed by atoms with Gasteiger partial charge in [-0.3, -0.25) is 4.79 Å². The van der Waals surface area contributed by atoms with Crippen molar-refractivity contribution in [2.24, 2.45) is 0 Å². The molecule has 1 N–H and O–H groups in total. The van der Waals surface area contributed by atoms with Gasteiger partial charge in [0, 0.05) is 30.0 Å². The number of hydrogen-bond acceptors (Lipinski definition) is 3. The molecule has 33 heavy (non-hydrogen) atoms. The number of fused-ring (bicyclic) bond motifs is 1. The van der Waals surface area contributed by atoms with E-state index in [9.17, 15) is 4.79 Å². The van der Waals surface area contributed by atoms with E-state index < -0.39 is 0 Å². The highest BCUT2D eigenvalue weighted by Gasteiger charge is 2.18. The highest BCUT2D eigenvalue weighted by molar-refractivity contribution is 6.04. The third-order valence-corrected chi connectivity index (χ3v) is 5.93. The Morgan fingerprint density at radius 2 is 1.52 bits per heavy atom. The minimum Gasteiger partial charge on any atom is -0.489 e. The number of rotatable bonds is 7. The molecule has 4 aromatic rings. The van der Waals surface area contributed by atoms with Gasteiger partial charge in [0.05, 0.1) is 0 Å². The number of hydrogen-bond donors (Lipinski definition) is 1. The van der Waals surface area contributed by atoms with Crippen molar-refractivity contribution in [2.45, 2.75) is 19.6 Å². The van der Waals surface area contributed by atoms with Gasteiger partial charge in [-0.05, 0) is 65.6 Å². The number of para-hydroxylation sites is 1. The highest BCUT2D eigenvalue weighted by atomic mass is 16.5. The van der Waals surface area contributed by atoms with E-state index in [4.69, 9.17) is 4.74 Å². The number of benzene rings is 4. The first-order valence-corrected chi connectivity index (χ1v) is 11.2. The van der Waals surface area contributed by atoms with Crippen LogP contribution >= 0.6 is 0 Å². The largest absolute Gasteiger partial charge is 0.489 e. The van der Waals surface area contributed by atoms with Crippen LogP contribution < -0.4 is 15.0 Å². The molecule has 0 aromatic heterocycles. The molecule has 4 aromatic carbocycles. The Kier molecular flexibility index (Phi) is 6.07. The fourth-order valence-corrected chi connectivity index (χ4v) is 4.13. The molecule has 0 spiro atoms.